The van der Waals surface area contributed by atoms with Crippen molar-refractivity contribution in [1.82, 2.24) is 4.90 Å². The SMILES string of the molecule is C=CCN(CC(=O)O)C(=O)Nc1cccc([N+](=O)[O-])c1. The molecule has 1 rings (SSSR count). The van der Waals surface area contributed by atoms with E-state index in [1.807, 2.05) is 0 Å². The van der Waals surface area contributed by atoms with Crippen molar-refractivity contribution in [3.63, 3.8) is 0 Å². The van der Waals surface area contributed by atoms with Crippen LogP contribution < -0.4 is 5.32 Å². The Morgan fingerprint density at radius 3 is 2.75 bits per heavy atom. The summed E-state index contributed by atoms with van der Waals surface area (Å²) in [7, 11) is 0. The van der Waals surface area contributed by atoms with Crippen molar-refractivity contribution in [2.75, 3.05) is 18.4 Å². The molecule has 0 unspecified atom stereocenters. The molecule has 2 N–H and O–H groups in total. The van der Waals surface area contributed by atoms with Crippen molar-refractivity contribution in [3.05, 3.63) is 47.0 Å². The maximum absolute atomic E-state index is 11.9. The molecule has 8 heteroatoms. The van der Waals surface area contributed by atoms with Crippen LogP contribution in [-0.4, -0.2) is 40.0 Å². The number of nitrogens with zero attached hydrogens (tertiary/aromatic N) is 2. The van der Waals surface area contributed by atoms with Gasteiger partial charge in [-0.15, -0.1) is 6.58 Å². The Bertz CT molecular complexity index is 544. The number of non-ortho nitro benzene ring substituents is 1. The van der Waals surface area contributed by atoms with Crippen LogP contribution >= 0.6 is 0 Å². The molecule has 0 spiro atoms. The van der Waals surface area contributed by atoms with Crippen molar-refractivity contribution in [3.8, 4) is 0 Å². The summed E-state index contributed by atoms with van der Waals surface area (Å²) in [5.74, 6) is -1.17. The summed E-state index contributed by atoms with van der Waals surface area (Å²) >= 11 is 0. The first-order valence-corrected chi connectivity index (χ1v) is 5.57. The maximum atomic E-state index is 11.9. The number of anilines is 1. The van der Waals surface area contributed by atoms with Gasteiger partial charge in [0.2, 0.25) is 0 Å². The summed E-state index contributed by atoms with van der Waals surface area (Å²) in [5, 5.41) is 21.7. The van der Waals surface area contributed by atoms with Crippen molar-refractivity contribution < 1.29 is 19.6 Å². The van der Waals surface area contributed by atoms with Crippen molar-refractivity contribution >= 4 is 23.4 Å². The summed E-state index contributed by atoms with van der Waals surface area (Å²) in [6.45, 7) is 2.99. The van der Waals surface area contributed by atoms with Gasteiger partial charge in [-0.05, 0) is 6.07 Å². The number of nitro groups is 1. The Hall–Kier alpha value is -2.90. The lowest BCUT2D eigenvalue weighted by atomic mass is 10.3. The largest absolute Gasteiger partial charge is 0.480 e. The molecule has 0 heterocycles. The highest BCUT2D eigenvalue weighted by atomic mass is 16.6. The first-order valence-electron chi connectivity index (χ1n) is 5.57. The molecule has 0 fully saturated rings. The highest BCUT2D eigenvalue weighted by Gasteiger charge is 2.16. The van der Waals surface area contributed by atoms with Crippen LogP contribution in [0.25, 0.3) is 0 Å². The van der Waals surface area contributed by atoms with E-state index < -0.39 is 23.5 Å². The monoisotopic (exact) mass is 279 g/mol. The molecule has 1 aromatic rings. The number of carboxylic acids is 1. The Morgan fingerprint density at radius 1 is 1.50 bits per heavy atom. The van der Waals surface area contributed by atoms with E-state index in [0.717, 1.165) is 4.90 Å². The van der Waals surface area contributed by atoms with Gasteiger partial charge in [0.1, 0.15) is 6.54 Å². The zero-order valence-corrected chi connectivity index (χ0v) is 10.5. The predicted molar refractivity (Wildman–Crippen MR) is 71.5 cm³/mol. The minimum absolute atomic E-state index is 0.0487. The van der Waals surface area contributed by atoms with E-state index in [0.29, 0.717) is 0 Å². The van der Waals surface area contributed by atoms with Gasteiger partial charge in [0.25, 0.3) is 5.69 Å². The van der Waals surface area contributed by atoms with E-state index in [1.54, 1.807) is 0 Å². The number of urea groups is 1. The van der Waals surface area contributed by atoms with E-state index in [1.165, 1.54) is 30.3 Å². The normalized spacial score (nSPS) is 9.60. The van der Waals surface area contributed by atoms with Crippen LogP contribution in [0.2, 0.25) is 0 Å². The number of nitro benzene ring substituents is 1. The molecule has 8 nitrogen and oxygen atoms in total. The second-order valence-electron chi connectivity index (χ2n) is 3.80. The molecular formula is C12H13N3O5. The number of carboxylic acid groups (broad SMARTS) is 1. The molecule has 0 saturated heterocycles. The van der Waals surface area contributed by atoms with Crippen molar-refractivity contribution in [2.45, 2.75) is 0 Å². The fourth-order valence-corrected chi connectivity index (χ4v) is 1.44. The van der Waals surface area contributed by atoms with Crippen LogP contribution in [0.3, 0.4) is 0 Å². The van der Waals surface area contributed by atoms with Gasteiger partial charge in [0, 0.05) is 24.4 Å². The molecule has 106 valence electrons. The molecule has 20 heavy (non-hydrogen) atoms. The number of rotatable bonds is 6. The summed E-state index contributed by atoms with van der Waals surface area (Å²) in [6, 6.07) is 4.69. The number of amides is 2. The molecule has 0 aliphatic heterocycles. The fraction of sp³-hybridized carbons (Fsp3) is 0.167. The summed E-state index contributed by atoms with van der Waals surface area (Å²) in [6.07, 6.45) is 1.38. The zero-order chi connectivity index (χ0) is 15.1. The van der Waals surface area contributed by atoms with Crippen LogP contribution in [0, 0.1) is 10.1 Å². The Kier molecular flexibility index (Phi) is 5.21. The number of carbonyl (C=O) groups is 2. The van der Waals surface area contributed by atoms with Gasteiger partial charge in [-0.2, -0.15) is 0 Å². The number of hydrogen-bond donors (Lipinski definition) is 2. The highest BCUT2D eigenvalue weighted by molar-refractivity contribution is 5.91. The van der Waals surface area contributed by atoms with E-state index in [9.17, 15) is 19.7 Å². The van der Waals surface area contributed by atoms with Gasteiger partial charge in [-0.25, -0.2) is 4.79 Å². The molecule has 0 aliphatic carbocycles. The van der Waals surface area contributed by atoms with Gasteiger partial charge in [0.15, 0.2) is 0 Å². The van der Waals surface area contributed by atoms with Crippen LogP contribution in [0.15, 0.2) is 36.9 Å². The fourth-order valence-electron chi connectivity index (χ4n) is 1.44. The van der Waals surface area contributed by atoms with E-state index in [-0.39, 0.29) is 17.9 Å². The second kappa shape index (κ2) is 6.88. The van der Waals surface area contributed by atoms with Crippen molar-refractivity contribution in [1.29, 1.82) is 0 Å². The maximum Gasteiger partial charge on any atom is 0.323 e. The number of aliphatic carboxylic acids is 1. The Morgan fingerprint density at radius 2 is 2.20 bits per heavy atom. The molecule has 0 atom stereocenters. The third kappa shape index (κ3) is 4.41. The quantitative estimate of drug-likeness (QED) is 0.467. The minimum Gasteiger partial charge on any atom is -0.480 e. The summed E-state index contributed by atoms with van der Waals surface area (Å²) in [4.78, 5) is 33.5. The minimum atomic E-state index is -1.17. The van der Waals surface area contributed by atoms with Gasteiger partial charge in [-0.3, -0.25) is 14.9 Å². The van der Waals surface area contributed by atoms with E-state index in [2.05, 4.69) is 11.9 Å². The molecule has 0 saturated carbocycles. The van der Waals surface area contributed by atoms with E-state index in [4.69, 9.17) is 5.11 Å². The lowest BCUT2D eigenvalue weighted by Gasteiger charge is -2.19. The van der Waals surface area contributed by atoms with Gasteiger partial charge < -0.3 is 15.3 Å². The predicted octanol–water partition coefficient (Wildman–Crippen LogP) is 1.70. The van der Waals surface area contributed by atoms with Crippen molar-refractivity contribution in [2.24, 2.45) is 0 Å². The summed E-state index contributed by atoms with van der Waals surface area (Å²) in [5.41, 5.74) is 0.0416. The first-order chi connectivity index (χ1) is 9.43. The van der Waals surface area contributed by atoms with Gasteiger partial charge in [-0.1, -0.05) is 12.1 Å². The number of carbonyl (C=O) groups excluding carboxylic acids is 1. The van der Waals surface area contributed by atoms with Crippen LogP contribution in [0.5, 0.6) is 0 Å². The zero-order valence-electron chi connectivity index (χ0n) is 10.5. The molecule has 0 aliphatic rings. The average Bonchev–Trinajstić information content (AvgIpc) is 2.38. The smallest absolute Gasteiger partial charge is 0.323 e. The molecule has 0 bridgehead atoms. The van der Waals surface area contributed by atoms with Crippen LogP contribution in [0.4, 0.5) is 16.2 Å². The topological polar surface area (TPSA) is 113 Å². The van der Waals surface area contributed by atoms with Crippen LogP contribution in [-0.2, 0) is 4.79 Å². The molecule has 1 aromatic carbocycles. The van der Waals surface area contributed by atoms with E-state index >= 15 is 0 Å². The number of benzene rings is 1. The molecule has 0 radical (unpaired) electrons. The lowest BCUT2D eigenvalue weighted by Crippen LogP contribution is -2.38. The molecule has 2 amide bonds. The molecular weight excluding hydrogens is 266 g/mol. The second-order valence-corrected chi connectivity index (χ2v) is 3.80. The lowest BCUT2D eigenvalue weighted by molar-refractivity contribution is -0.384. The Balaban J connectivity index is 2.81. The first kappa shape index (κ1) is 15.2. The average molecular weight is 279 g/mol. The summed E-state index contributed by atoms with van der Waals surface area (Å²) < 4.78 is 0. The highest BCUT2D eigenvalue weighted by Crippen LogP contribution is 2.17. The number of hydrogen-bond acceptors (Lipinski definition) is 4. The van der Waals surface area contributed by atoms with Gasteiger partial charge >= 0.3 is 12.0 Å². The standard InChI is InChI=1S/C12H13N3O5/c1-2-6-14(8-11(16)17)12(18)13-9-4-3-5-10(7-9)15(19)20/h2-5,7H,1,6,8H2,(H,13,18)(H,16,17). The third-order valence-electron chi connectivity index (χ3n) is 2.27. The third-order valence-corrected chi connectivity index (χ3v) is 2.27. The number of nitrogens with one attached hydrogen (secondary N) is 1. The van der Waals surface area contributed by atoms with Crippen LogP contribution in [0.1, 0.15) is 0 Å². The van der Waals surface area contributed by atoms with Gasteiger partial charge in [0.05, 0.1) is 4.92 Å². The molecule has 0 aromatic heterocycles. The Labute approximate surface area is 114 Å².